The average molecular weight is 340 g/mol. The van der Waals surface area contributed by atoms with Crippen molar-refractivity contribution in [1.29, 1.82) is 0 Å². The van der Waals surface area contributed by atoms with Gasteiger partial charge in [-0.25, -0.2) is 0 Å². The van der Waals surface area contributed by atoms with Crippen LogP contribution in [0, 0.1) is 11.8 Å². The fraction of sp³-hybridized carbons (Fsp3) is 0.571. The zero-order valence-electron chi connectivity index (χ0n) is 15.3. The maximum atomic E-state index is 12.5. The maximum Gasteiger partial charge on any atom is 0.310 e. The molecule has 0 radical (unpaired) electrons. The van der Waals surface area contributed by atoms with Gasteiger partial charge in [-0.1, -0.05) is 31.5 Å². The molecule has 2 aromatic rings. The first-order chi connectivity index (χ1) is 12.2. The lowest BCUT2D eigenvalue weighted by molar-refractivity contribution is -0.153. The molecule has 0 aliphatic carbocycles. The van der Waals surface area contributed by atoms with E-state index >= 15 is 0 Å². The number of esters is 1. The van der Waals surface area contributed by atoms with Crippen LogP contribution in [-0.4, -0.2) is 35.5 Å². The number of piperidine rings is 1. The van der Waals surface area contributed by atoms with Crippen LogP contribution in [0.2, 0.25) is 0 Å². The van der Waals surface area contributed by atoms with Gasteiger partial charge in [-0.15, -0.1) is 0 Å². The van der Waals surface area contributed by atoms with Crippen LogP contribution in [0.1, 0.15) is 50.4 Å². The third-order valence-electron chi connectivity index (χ3n) is 6.04. The van der Waals surface area contributed by atoms with Crippen molar-refractivity contribution in [3.8, 4) is 0 Å². The molecule has 1 saturated heterocycles. The summed E-state index contributed by atoms with van der Waals surface area (Å²) in [7, 11) is 0. The van der Waals surface area contributed by atoms with Crippen molar-refractivity contribution in [3.63, 3.8) is 0 Å². The van der Waals surface area contributed by atoms with Gasteiger partial charge in [0.1, 0.15) is 0 Å². The second kappa shape index (κ2) is 6.83. The summed E-state index contributed by atoms with van der Waals surface area (Å²) in [5.41, 5.74) is 4.12. The predicted molar refractivity (Wildman–Crippen MR) is 99.5 cm³/mol. The largest absolute Gasteiger partial charge is 0.466 e. The van der Waals surface area contributed by atoms with Crippen molar-refractivity contribution in [2.45, 2.75) is 45.6 Å². The SMILES string of the molecule is CCC[C@@H]1C[C@H]2c3[nH]c4ccccc4c3CCN2C[C@H]1C(=O)OCC. The highest BCUT2D eigenvalue weighted by atomic mass is 16.5. The lowest BCUT2D eigenvalue weighted by Gasteiger charge is -2.45. The molecule has 1 aromatic heterocycles. The first-order valence-electron chi connectivity index (χ1n) is 9.73. The van der Waals surface area contributed by atoms with Crippen molar-refractivity contribution in [2.75, 3.05) is 19.7 Å². The van der Waals surface area contributed by atoms with E-state index in [1.807, 2.05) is 6.92 Å². The highest BCUT2D eigenvalue weighted by Crippen LogP contribution is 2.44. The number of hydrogen-bond donors (Lipinski definition) is 1. The zero-order chi connectivity index (χ0) is 17.4. The minimum Gasteiger partial charge on any atom is -0.466 e. The fourth-order valence-electron chi connectivity index (χ4n) is 4.91. The Morgan fingerprint density at radius 1 is 1.32 bits per heavy atom. The molecule has 4 nitrogen and oxygen atoms in total. The molecule has 4 rings (SSSR count). The monoisotopic (exact) mass is 340 g/mol. The molecule has 2 aliphatic heterocycles. The molecular weight excluding hydrogens is 312 g/mol. The third-order valence-corrected chi connectivity index (χ3v) is 6.04. The number of fused-ring (bicyclic) bond motifs is 5. The molecule has 0 unspecified atom stereocenters. The number of nitrogens with one attached hydrogen (secondary N) is 1. The topological polar surface area (TPSA) is 45.3 Å². The van der Waals surface area contributed by atoms with Gasteiger partial charge < -0.3 is 9.72 Å². The number of carbonyl (C=O) groups is 1. The van der Waals surface area contributed by atoms with Crippen LogP contribution in [0.4, 0.5) is 0 Å². The van der Waals surface area contributed by atoms with Crippen molar-refractivity contribution >= 4 is 16.9 Å². The molecule has 0 spiro atoms. The number of hydrogen-bond acceptors (Lipinski definition) is 3. The van der Waals surface area contributed by atoms with E-state index in [1.54, 1.807) is 0 Å². The van der Waals surface area contributed by atoms with Crippen LogP contribution in [0.25, 0.3) is 10.9 Å². The zero-order valence-corrected chi connectivity index (χ0v) is 15.3. The lowest BCUT2D eigenvalue weighted by Crippen LogP contribution is -2.48. The number of rotatable bonds is 4. The van der Waals surface area contributed by atoms with Crippen LogP contribution in [0.5, 0.6) is 0 Å². The van der Waals surface area contributed by atoms with Gasteiger partial charge in [-0.05, 0) is 43.7 Å². The predicted octanol–water partition coefficient (Wildman–Crippen LogP) is 4.07. The number of benzene rings is 1. The van der Waals surface area contributed by atoms with Crippen molar-refractivity contribution < 1.29 is 9.53 Å². The van der Waals surface area contributed by atoms with Gasteiger partial charge in [0.05, 0.1) is 18.6 Å². The Morgan fingerprint density at radius 2 is 2.16 bits per heavy atom. The Hall–Kier alpha value is -1.81. The minimum atomic E-state index is 0.00171. The number of aromatic nitrogens is 1. The van der Waals surface area contributed by atoms with E-state index in [4.69, 9.17) is 4.74 Å². The van der Waals surface area contributed by atoms with Crippen LogP contribution in [0.15, 0.2) is 24.3 Å². The van der Waals surface area contributed by atoms with Gasteiger partial charge in [0.25, 0.3) is 0 Å². The molecular formula is C21H28N2O2. The van der Waals surface area contributed by atoms with Gasteiger partial charge >= 0.3 is 5.97 Å². The van der Waals surface area contributed by atoms with E-state index in [9.17, 15) is 4.79 Å². The summed E-state index contributed by atoms with van der Waals surface area (Å²) < 4.78 is 5.38. The highest BCUT2D eigenvalue weighted by Gasteiger charge is 2.42. The summed E-state index contributed by atoms with van der Waals surface area (Å²) in [5, 5.41) is 1.37. The van der Waals surface area contributed by atoms with Gasteiger partial charge in [-0.3, -0.25) is 9.69 Å². The van der Waals surface area contributed by atoms with E-state index in [-0.39, 0.29) is 11.9 Å². The highest BCUT2D eigenvalue weighted by molar-refractivity contribution is 5.85. The summed E-state index contributed by atoms with van der Waals surface area (Å²) in [5.74, 6) is 0.451. The maximum absolute atomic E-state index is 12.5. The molecule has 3 heterocycles. The summed E-state index contributed by atoms with van der Waals surface area (Å²) in [4.78, 5) is 18.7. The van der Waals surface area contributed by atoms with Crippen molar-refractivity contribution in [1.82, 2.24) is 9.88 Å². The van der Waals surface area contributed by atoms with Crippen LogP contribution >= 0.6 is 0 Å². The molecule has 1 N–H and O–H groups in total. The minimum absolute atomic E-state index is 0.00171. The molecule has 0 bridgehead atoms. The normalized spacial score (nSPS) is 26.2. The number of aromatic amines is 1. The van der Waals surface area contributed by atoms with E-state index in [2.05, 4.69) is 41.1 Å². The number of carbonyl (C=O) groups excluding carboxylic acids is 1. The van der Waals surface area contributed by atoms with E-state index in [0.29, 0.717) is 18.6 Å². The summed E-state index contributed by atoms with van der Waals surface area (Å²) in [6, 6.07) is 9.04. The average Bonchev–Trinajstić information content (AvgIpc) is 3.01. The Balaban J connectivity index is 1.66. The number of H-pyrrole nitrogens is 1. The van der Waals surface area contributed by atoms with E-state index < -0.39 is 0 Å². The van der Waals surface area contributed by atoms with Gasteiger partial charge in [0.15, 0.2) is 0 Å². The Morgan fingerprint density at radius 3 is 2.96 bits per heavy atom. The lowest BCUT2D eigenvalue weighted by atomic mass is 9.76. The number of nitrogens with zero attached hydrogens (tertiary/aromatic N) is 1. The summed E-state index contributed by atoms with van der Waals surface area (Å²) >= 11 is 0. The Labute approximate surface area is 149 Å². The first-order valence-corrected chi connectivity index (χ1v) is 9.73. The molecule has 25 heavy (non-hydrogen) atoms. The van der Waals surface area contributed by atoms with Crippen LogP contribution < -0.4 is 0 Å². The second-order valence-corrected chi connectivity index (χ2v) is 7.47. The van der Waals surface area contributed by atoms with Gasteiger partial charge in [0, 0.05) is 29.7 Å². The molecule has 0 amide bonds. The summed E-state index contributed by atoms with van der Waals surface area (Å²) in [6.07, 6.45) is 4.33. The van der Waals surface area contributed by atoms with Crippen LogP contribution in [0.3, 0.4) is 0 Å². The Kier molecular flexibility index (Phi) is 4.55. The second-order valence-electron chi connectivity index (χ2n) is 7.47. The molecule has 1 aromatic carbocycles. The van der Waals surface area contributed by atoms with Gasteiger partial charge in [-0.2, -0.15) is 0 Å². The molecule has 0 saturated carbocycles. The molecule has 4 heteroatoms. The third kappa shape index (κ3) is 2.86. The number of para-hydroxylation sites is 1. The molecule has 1 fully saturated rings. The smallest absolute Gasteiger partial charge is 0.310 e. The summed E-state index contributed by atoms with van der Waals surface area (Å²) in [6.45, 7) is 6.46. The van der Waals surface area contributed by atoms with Crippen molar-refractivity contribution in [3.05, 3.63) is 35.5 Å². The number of ether oxygens (including phenoxy) is 1. The molecule has 3 atom stereocenters. The van der Waals surface area contributed by atoms with E-state index in [1.165, 1.54) is 22.2 Å². The fourth-order valence-corrected chi connectivity index (χ4v) is 4.91. The Bertz CT molecular complexity index is 766. The van der Waals surface area contributed by atoms with Crippen molar-refractivity contribution in [2.24, 2.45) is 11.8 Å². The molecule has 2 aliphatic rings. The first kappa shape index (κ1) is 16.6. The molecule has 134 valence electrons. The van der Waals surface area contributed by atoms with E-state index in [0.717, 1.165) is 38.8 Å². The quantitative estimate of drug-likeness (QED) is 0.854. The van der Waals surface area contributed by atoms with Crippen LogP contribution in [-0.2, 0) is 16.0 Å². The van der Waals surface area contributed by atoms with Gasteiger partial charge in [0.2, 0.25) is 0 Å². The standard InChI is InChI=1S/C21H28N2O2/c1-3-7-14-12-19-20-16(15-8-5-6-9-18(15)22-20)10-11-23(19)13-17(14)21(24)25-4-2/h5-6,8-9,14,17,19,22H,3-4,7,10-13H2,1-2H3/t14-,17-,19+/m1/s1.